The number of carbonyl (C=O) groups excluding carboxylic acids is 2. The van der Waals surface area contributed by atoms with Gasteiger partial charge in [0.25, 0.3) is 0 Å². The minimum Gasteiger partial charge on any atom is -0.342 e. The van der Waals surface area contributed by atoms with Gasteiger partial charge in [-0.15, -0.1) is 0 Å². The summed E-state index contributed by atoms with van der Waals surface area (Å²) in [5.74, 6) is 0.644. The molecule has 36 heavy (non-hydrogen) atoms. The van der Waals surface area contributed by atoms with Crippen LogP contribution in [0.3, 0.4) is 0 Å². The number of fused-ring (bicyclic) bond motifs is 5. The molecule has 4 aliphatic rings. The number of nitrogens with zero attached hydrogens (tertiary/aromatic N) is 1. The van der Waals surface area contributed by atoms with Crippen molar-refractivity contribution in [1.82, 2.24) is 10.2 Å². The Labute approximate surface area is 212 Å². The average molecular weight is 505 g/mol. The number of hydrogen-bond acceptors (Lipinski definition) is 2. The predicted octanol–water partition coefficient (Wildman–Crippen LogP) is 6.06. The van der Waals surface area contributed by atoms with Crippen molar-refractivity contribution in [3.63, 3.8) is 0 Å². The van der Waals surface area contributed by atoms with E-state index < -0.39 is 23.5 Å². The summed E-state index contributed by atoms with van der Waals surface area (Å²) in [7, 11) is 1.94. The highest BCUT2D eigenvalue weighted by Gasteiger charge is 2.63. The third-order valence-electron chi connectivity index (χ3n) is 11.2. The summed E-state index contributed by atoms with van der Waals surface area (Å²) >= 11 is 0. The molecule has 1 aliphatic heterocycles. The zero-order chi connectivity index (χ0) is 26.1. The van der Waals surface area contributed by atoms with Gasteiger partial charge in [0.15, 0.2) is 5.54 Å². The van der Waals surface area contributed by atoms with Crippen molar-refractivity contribution >= 4 is 11.8 Å². The lowest BCUT2D eigenvalue weighted by molar-refractivity contribution is -0.199. The van der Waals surface area contributed by atoms with E-state index in [1.165, 1.54) is 12.1 Å². The van der Waals surface area contributed by atoms with Gasteiger partial charge in [0.1, 0.15) is 0 Å². The summed E-state index contributed by atoms with van der Waals surface area (Å²) in [6.07, 6.45) is 2.25. The SMILES string of the molecule is CN1C(=O)CC[C@@]2(C)C1CC[C@@H]1[C@H]2CC[C@]2(C)C(C(=O)NC(C)(c3ccccc3)C(F)(F)F)CC[C@@H]12. The molecular formula is C29H39F3N2O2. The number of benzene rings is 1. The number of alkyl halides is 3. The van der Waals surface area contributed by atoms with E-state index in [-0.39, 0.29) is 28.3 Å². The summed E-state index contributed by atoms with van der Waals surface area (Å²) in [5.41, 5.74) is -2.60. The van der Waals surface area contributed by atoms with Gasteiger partial charge in [-0.25, -0.2) is 0 Å². The Kier molecular flexibility index (Phi) is 6.03. The third kappa shape index (κ3) is 3.62. The zero-order valence-corrected chi connectivity index (χ0v) is 21.8. The molecule has 1 saturated heterocycles. The second-order valence-electron chi connectivity index (χ2n) is 12.6. The van der Waals surface area contributed by atoms with Crippen LogP contribution in [0.4, 0.5) is 13.2 Å². The fourth-order valence-corrected chi connectivity index (χ4v) is 8.99. The largest absolute Gasteiger partial charge is 0.415 e. The van der Waals surface area contributed by atoms with E-state index in [9.17, 15) is 22.8 Å². The first-order chi connectivity index (χ1) is 16.8. The maximum absolute atomic E-state index is 14.3. The molecule has 1 aromatic carbocycles. The topological polar surface area (TPSA) is 49.4 Å². The van der Waals surface area contributed by atoms with Crippen LogP contribution in [0.2, 0.25) is 0 Å². The quantitative estimate of drug-likeness (QED) is 0.544. The van der Waals surface area contributed by atoms with Crippen LogP contribution in [-0.2, 0) is 15.1 Å². The van der Waals surface area contributed by atoms with Crippen LogP contribution >= 0.6 is 0 Å². The molecule has 198 valence electrons. The molecule has 0 radical (unpaired) electrons. The molecule has 0 aromatic heterocycles. The van der Waals surface area contributed by atoms with Crippen LogP contribution in [-0.4, -0.2) is 36.0 Å². The molecule has 8 atom stereocenters. The van der Waals surface area contributed by atoms with Crippen molar-refractivity contribution in [3.8, 4) is 0 Å². The van der Waals surface area contributed by atoms with Gasteiger partial charge in [0, 0.05) is 25.4 Å². The number of likely N-dealkylation sites (tertiary alicyclic amines) is 1. The minimum absolute atomic E-state index is 0.0523. The van der Waals surface area contributed by atoms with Crippen LogP contribution < -0.4 is 5.32 Å². The van der Waals surface area contributed by atoms with Gasteiger partial charge in [0.2, 0.25) is 11.8 Å². The highest BCUT2D eigenvalue weighted by molar-refractivity contribution is 5.81. The number of piperidine rings is 1. The second kappa shape index (κ2) is 8.49. The molecule has 4 nitrogen and oxygen atoms in total. The normalized spacial score (nSPS) is 40.0. The lowest BCUT2D eigenvalue weighted by Crippen LogP contribution is -2.62. The average Bonchev–Trinajstić information content (AvgIpc) is 3.19. The summed E-state index contributed by atoms with van der Waals surface area (Å²) in [6, 6.07) is 7.97. The molecule has 0 bridgehead atoms. The minimum atomic E-state index is -4.61. The fraction of sp³-hybridized carbons (Fsp3) is 0.724. The maximum atomic E-state index is 14.3. The zero-order valence-electron chi connectivity index (χ0n) is 21.8. The molecule has 0 spiro atoms. The van der Waals surface area contributed by atoms with Crippen LogP contribution in [0.15, 0.2) is 30.3 Å². The molecule has 4 fully saturated rings. The number of hydrogen-bond donors (Lipinski definition) is 1. The standard InChI is InChI=1S/C29H39F3N2O2/c1-26-16-14-21-19(10-13-23-27(21,2)17-15-24(35)34(23)4)20(26)11-12-22(26)25(36)33-28(3,29(30,31)32)18-8-6-5-7-9-18/h5-9,19-23H,10-17H2,1-4H3,(H,33,36)/t19-,20-,21+,22?,23?,26-,27+,28?/m0/s1. The molecule has 3 aliphatic carbocycles. The van der Waals surface area contributed by atoms with E-state index in [2.05, 4.69) is 19.2 Å². The smallest absolute Gasteiger partial charge is 0.342 e. The lowest BCUT2D eigenvalue weighted by atomic mass is 9.47. The first-order valence-corrected chi connectivity index (χ1v) is 13.5. The number of amides is 2. The van der Waals surface area contributed by atoms with Gasteiger partial charge < -0.3 is 10.2 Å². The van der Waals surface area contributed by atoms with E-state index in [1.807, 2.05) is 11.9 Å². The molecule has 1 heterocycles. The first kappa shape index (κ1) is 25.6. The van der Waals surface area contributed by atoms with Crippen LogP contribution in [0.5, 0.6) is 0 Å². The van der Waals surface area contributed by atoms with E-state index >= 15 is 0 Å². The van der Waals surface area contributed by atoms with Gasteiger partial charge in [-0.2, -0.15) is 13.2 Å². The Balaban J connectivity index is 1.38. The Morgan fingerprint density at radius 2 is 1.64 bits per heavy atom. The molecular weight excluding hydrogens is 465 g/mol. The van der Waals surface area contributed by atoms with Crippen molar-refractivity contribution in [3.05, 3.63) is 35.9 Å². The number of carbonyl (C=O) groups is 2. The summed E-state index contributed by atoms with van der Waals surface area (Å²) < 4.78 is 42.9. The molecule has 7 heteroatoms. The van der Waals surface area contributed by atoms with Crippen molar-refractivity contribution in [1.29, 1.82) is 0 Å². The van der Waals surface area contributed by atoms with Gasteiger partial charge in [-0.05, 0) is 86.0 Å². The summed E-state index contributed by atoms with van der Waals surface area (Å²) in [6.45, 7) is 5.59. The van der Waals surface area contributed by atoms with Crippen molar-refractivity contribution < 1.29 is 22.8 Å². The van der Waals surface area contributed by atoms with E-state index in [1.54, 1.807) is 18.2 Å². The Morgan fingerprint density at radius 3 is 2.31 bits per heavy atom. The van der Waals surface area contributed by atoms with Gasteiger partial charge in [0.05, 0.1) is 0 Å². The van der Waals surface area contributed by atoms with Crippen molar-refractivity contribution in [2.24, 2.45) is 34.5 Å². The van der Waals surface area contributed by atoms with Gasteiger partial charge in [-0.3, -0.25) is 9.59 Å². The van der Waals surface area contributed by atoms with Crippen molar-refractivity contribution in [2.75, 3.05) is 7.05 Å². The summed E-state index contributed by atoms with van der Waals surface area (Å²) in [4.78, 5) is 28.0. The molecule has 3 unspecified atom stereocenters. The van der Waals surface area contributed by atoms with Crippen LogP contribution in [0.25, 0.3) is 0 Å². The number of rotatable bonds is 3. The Hall–Kier alpha value is -2.05. The lowest BCUT2D eigenvalue weighted by Gasteiger charge is -2.61. The van der Waals surface area contributed by atoms with E-state index in [4.69, 9.17) is 0 Å². The molecule has 5 rings (SSSR count). The predicted molar refractivity (Wildman–Crippen MR) is 132 cm³/mol. The van der Waals surface area contributed by atoms with Gasteiger partial charge in [-0.1, -0.05) is 44.2 Å². The van der Waals surface area contributed by atoms with Crippen molar-refractivity contribution in [2.45, 2.75) is 89.9 Å². The molecule has 1 aromatic rings. The highest BCUT2D eigenvalue weighted by Crippen LogP contribution is 2.66. The highest BCUT2D eigenvalue weighted by atomic mass is 19.4. The summed E-state index contributed by atoms with van der Waals surface area (Å²) in [5, 5.41) is 2.48. The van der Waals surface area contributed by atoms with E-state index in [0.717, 1.165) is 45.4 Å². The Morgan fingerprint density at radius 1 is 0.972 bits per heavy atom. The van der Waals surface area contributed by atoms with E-state index in [0.29, 0.717) is 30.6 Å². The second-order valence-corrected chi connectivity index (χ2v) is 12.6. The molecule has 3 saturated carbocycles. The fourth-order valence-electron chi connectivity index (χ4n) is 8.99. The monoisotopic (exact) mass is 504 g/mol. The number of halogens is 3. The maximum Gasteiger partial charge on any atom is 0.415 e. The first-order valence-electron chi connectivity index (χ1n) is 13.5. The van der Waals surface area contributed by atoms with Crippen LogP contribution in [0.1, 0.15) is 77.7 Å². The van der Waals surface area contributed by atoms with Gasteiger partial charge >= 0.3 is 6.18 Å². The van der Waals surface area contributed by atoms with Crippen LogP contribution in [0, 0.1) is 34.5 Å². The third-order valence-corrected chi connectivity index (χ3v) is 11.2. The number of nitrogens with one attached hydrogen (secondary N) is 1. The Bertz CT molecular complexity index is 1030. The molecule has 2 amide bonds. The molecule has 1 N–H and O–H groups in total.